The minimum atomic E-state index is -0.833. The Morgan fingerprint density at radius 2 is 2.06 bits per heavy atom. The molecule has 0 spiro atoms. The maximum Gasteiger partial charge on any atom is 0.444 e. The first-order chi connectivity index (χ1) is 7.66. The summed E-state index contributed by atoms with van der Waals surface area (Å²) in [6.07, 6.45) is -0.833. The Bertz CT molecular complexity index is 556. The Balaban J connectivity index is 2.21. The van der Waals surface area contributed by atoms with Crippen LogP contribution < -0.4 is 10.4 Å². The van der Waals surface area contributed by atoms with Gasteiger partial charge in [0.05, 0.1) is 0 Å². The highest BCUT2D eigenvalue weighted by Crippen LogP contribution is 2.08. The molecule has 6 nitrogen and oxygen atoms in total. The second-order valence-corrected chi connectivity index (χ2v) is 3.11. The lowest BCUT2D eigenvalue weighted by atomic mass is 10.3. The second kappa shape index (κ2) is 4.01. The van der Waals surface area contributed by atoms with Crippen molar-refractivity contribution in [1.82, 2.24) is 14.8 Å². The summed E-state index contributed by atoms with van der Waals surface area (Å²) in [5.41, 5.74) is -0.613. The molecule has 1 aromatic carbocycles. The molecule has 6 heteroatoms. The molecule has 1 aromatic heterocycles. The van der Waals surface area contributed by atoms with Crippen molar-refractivity contribution in [3.05, 3.63) is 46.6 Å². The van der Waals surface area contributed by atoms with E-state index in [1.54, 1.807) is 37.3 Å². The van der Waals surface area contributed by atoms with Crippen molar-refractivity contribution in [3.8, 4) is 5.75 Å². The van der Waals surface area contributed by atoms with E-state index in [0.29, 0.717) is 16.3 Å². The van der Waals surface area contributed by atoms with E-state index in [4.69, 9.17) is 4.74 Å². The summed E-state index contributed by atoms with van der Waals surface area (Å²) in [5, 5.41) is 3.68. The summed E-state index contributed by atoms with van der Waals surface area (Å²) in [4.78, 5) is 25.1. The summed E-state index contributed by atoms with van der Waals surface area (Å²) in [6, 6.07) is 8.47. The fourth-order valence-corrected chi connectivity index (χ4v) is 1.18. The van der Waals surface area contributed by atoms with Gasteiger partial charge in [-0.3, -0.25) is 4.98 Å². The molecular weight excluding hydrogens is 210 g/mol. The van der Waals surface area contributed by atoms with Crippen molar-refractivity contribution in [3.63, 3.8) is 0 Å². The van der Waals surface area contributed by atoms with Crippen molar-refractivity contribution >= 4 is 6.09 Å². The van der Waals surface area contributed by atoms with Crippen LogP contribution in [0.15, 0.2) is 35.1 Å². The zero-order valence-electron chi connectivity index (χ0n) is 8.51. The van der Waals surface area contributed by atoms with Crippen molar-refractivity contribution in [2.45, 2.75) is 6.92 Å². The summed E-state index contributed by atoms with van der Waals surface area (Å²) in [7, 11) is 0. The van der Waals surface area contributed by atoms with E-state index >= 15 is 0 Å². The molecule has 1 N–H and O–H groups in total. The maximum absolute atomic E-state index is 11.5. The minimum absolute atomic E-state index is 0.356. The van der Waals surface area contributed by atoms with E-state index in [0.717, 1.165) is 0 Å². The molecular formula is C10H9N3O3. The molecule has 0 saturated carbocycles. The number of aromatic nitrogens is 3. The van der Waals surface area contributed by atoms with Crippen LogP contribution in [0, 0.1) is 6.92 Å². The van der Waals surface area contributed by atoms with E-state index in [1.165, 1.54) is 0 Å². The van der Waals surface area contributed by atoms with Gasteiger partial charge >= 0.3 is 11.8 Å². The molecule has 82 valence electrons. The fraction of sp³-hybridized carbons (Fsp3) is 0.100. The topological polar surface area (TPSA) is 77.0 Å². The van der Waals surface area contributed by atoms with Crippen LogP contribution in [0.2, 0.25) is 0 Å². The third-order valence-electron chi connectivity index (χ3n) is 1.85. The summed E-state index contributed by atoms with van der Waals surface area (Å²) in [6.45, 7) is 1.58. The van der Waals surface area contributed by atoms with Gasteiger partial charge in [0, 0.05) is 0 Å². The van der Waals surface area contributed by atoms with Crippen molar-refractivity contribution in [2.24, 2.45) is 0 Å². The van der Waals surface area contributed by atoms with E-state index in [-0.39, 0.29) is 0 Å². The number of carbonyl (C=O) groups is 1. The van der Waals surface area contributed by atoms with Gasteiger partial charge in [-0.05, 0) is 19.1 Å². The molecule has 0 amide bonds. The van der Waals surface area contributed by atoms with Gasteiger partial charge in [-0.1, -0.05) is 18.2 Å². The van der Waals surface area contributed by atoms with Gasteiger partial charge in [0.2, 0.25) is 0 Å². The zero-order chi connectivity index (χ0) is 11.5. The van der Waals surface area contributed by atoms with Crippen molar-refractivity contribution in [2.75, 3.05) is 0 Å². The molecule has 0 aliphatic carbocycles. The highest BCUT2D eigenvalue weighted by molar-refractivity contribution is 5.71. The Hall–Kier alpha value is -2.37. The van der Waals surface area contributed by atoms with Crippen LogP contribution in [-0.2, 0) is 0 Å². The lowest BCUT2D eigenvalue weighted by molar-refractivity contribution is 0.197. The van der Waals surface area contributed by atoms with Crippen LogP contribution in [-0.4, -0.2) is 20.9 Å². The lowest BCUT2D eigenvalue weighted by Gasteiger charge is -2.01. The van der Waals surface area contributed by atoms with Crippen LogP contribution in [0.3, 0.4) is 0 Å². The van der Waals surface area contributed by atoms with Gasteiger partial charge in [0.25, 0.3) is 0 Å². The number of benzene rings is 1. The van der Waals surface area contributed by atoms with Gasteiger partial charge < -0.3 is 4.74 Å². The molecule has 0 aliphatic heterocycles. The van der Waals surface area contributed by atoms with E-state index < -0.39 is 11.8 Å². The molecule has 16 heavy (non-hydrogen) atoms. The average Bonchev–Trinajstić information content (AvgIpc) is 2.59. The molecule has 0 radical (unpaired) electrons. The van der Waals surface area contributed by atoms with Gasteiger partial charge in [0.15, 0.2) is 0 Å². The first-order valence-electron chi connectivity index (χ1n) is 4.60. The molecule has 0 bridgehead atoms. The molecule has 0 atom stereocenters. The van der Waals surface area contributed by atoms with Gasteiger partial charge in [-0.2, -0.15) is 0 Å². The largest absolute Gasteiger partial charge is 0.444 e. The summed E-state index contributed by atoms with van der Waals surface area (Å²) < 4.78 is 5.58. The number of nitrogens with one attached hydrogen (secondary N) is 1. The quantitative estimate of drug-likeness (QED) is 0.773. The number of hydrogen-bond acceptors (Lipinski definition) is 4. The smallest absolute Gasteiger partial charge is 0.409 e. The third kappa shape index (κ3) is 2.00. The van der Waals surface area contributed by atoms with Crippen molar-refractivity contribution < 1.29 is 9.53 Å². The first kappa shape index (κ1) is 10.2. The SMILES string of the molecule is Cc1nn(C(=O)Oc2ccccc2)c(=O)[nH]1. The number of nitrogens with zero attached hydrogens (tertiary/aromatic N) is 2. The molecule has 1 heterocycles. The molecule has 2 rings (SSSR count). The summed E-state index contributed by atoms with van der Waals surface area (Å²) in [5.74, 6) is 0.718. The maximum atomic E-state index is 11.5. The number of aromatic amines is 1. The normalized spacial score (nSPS) is 10.1. The Morgan fingerprint density at radius 1 is 1.38 bits per heavy atom. The third-order valence-corrected chi connectivity index (χ3v) is 1.85. The zero-order valence-corrected chi connectivity index (χ0v) is 8.51. The molecule has 0 saturated heterocycles. The van der Waals surface area contributed by atoms with E-state index in [2.05, 4.69) is 10.1 Å². The predicted octanol–water partition coefficient (Wildman–Crippen LogP) is 0.927. The number of H-pyrrole nitrogens is 1. The molecule has 0 fully saturated rings. The van der Waals surface area contributed by atoms with E-state index in [1.807, 2.05) is 0 Å². The predicted molar refractivity (Wildman–Crippen MR) is 55.4 cm³/mol. The van der Waals surface area contributed by atoms with Gasteiger partial charge in [0.1, 0.15) is 11.6 Å². The number of ether oxygens (including phenoxy) is 1. The fourth-order valence-electron chi connectivity index (χ4n) is 1.18. The van der Waals surface area contributed by atoms with Crippen LogP contribution in [0.5, 0.6) is 5.75 Å². The number of aryl methyl sites for hydroxylation is 1. The lowest BCUT2D eigenvalue weighted by Crippen LogP contribution is -2.28. The first-order valence-corrected chi connectivity index (χ1v) is 4.60. The highest BCUT2D eigenvalue weighted by atomic mass is 16.6. The van der Waals surface area contributed by atoms with Crippen LogP contribution in [0.1, 0.15) is 5.82 Å². The Kier molecular flexibility index (Phi) is 2.55. The van der Waals surface area contributed by atoms with Crippen LogP contribution >= 0.6 is 0 Å². The van der Waals surface area contributed by atoms with Gasteiger partial charge in [-0.15, -0.1) is 9.78 Å². The van der Waals surface area contributed by atoms with E-state index in [9.17, 15) is 9.59 Å². The number of para-hydroxylation sites is 1. The molecule has 0 aliphatic rings. The number of carbonyl (C=O) groups excluding carboxylic acids is 1. The Morgan fingerprint density at radius 3 is 2.62 bits per heavy atom. The summed E-state index contributed by atoms with van der Waals surface area (Å²) >= 11 is 0. The van der Waals surface area contributed by atoms with Crippen LogP contribution in [0.4, 0.5) is 4.79 Å². The minimum Gasteiger partial charge on any atom is -0.409 e. The number of hydrogen-bond donors (Lipinski definition) is 1. The van der Waals surface area contributed by atoms with Crippen LogP contribution in [0.25, 0.3) is 0 Å². The standard InChI is InChI=1S/C10H9N3O3/c1-7-11-9(14)13(12-7)10(15)16-8-5-3-2-4-6-8/h2-6H,1H3,(H,11,12,14). The van der Waals surface area contributed by atoms with Crippen molar-refractivity contribution in [1.29, 1.82) is 0 Å². The average molecular weight is 219 g/mol. The monoisotopic (exact) mass is 219 g/mol. The second-order valence-electron chi connectivity index (χ2n) is 3.11. The highest BCUT2D eigenvalue weighted by Gasteiger charge is 2.12. The molecule has 2 aromatic rings. The molecule has 0 unspecified atom stereocenters. The number of rotatable bonds is 1. The van der Waals surface area contributed by atoms with Gasteiger partial charge in [-0.25, -0.2) is 9.59 Å². The Labute approximate surface area is 90.5 Å².